The number of carboxylic acids is 1. The van der Waals surface area contributed by atoms with Crippen LogP contribution in [0, 0.1) is 0 Å². The van der Waals surface area contributed by atoms with Crippen molar-refractivity contribution in [3.63, 3.8) is 0 Å². The van der Waals surface area contributed by atoms with Gasteiger partial charge in [-0.1, -0.05) is 48.5 Å². The van der Waals surface area contributed by atoms with E-state index in [1.165, 1.54) is 0 Å². The molecule has 1 atom stereocenters. The van der Waals surface area contributed by atoms with Gasteiger partial charge in [0.05, 0.1) is 13.5 Å². The molecule has 4 rings (SSSR count). The van der Waals surface area contributed by atoms with Crippen LogP contribution in [0.3, 0.4) is 0 Å². The standard InChI is InChI=1S/C24H24N2O7/c1-32-20(27)12-19(21(28)29)25-22(30)24(10-11-24)26-23(31)33-13-18-16-8-4-2-6-14(16)15-7-3-5-9-17(15)18/h2-9,18-19H,10-13H2,1H3,(H,25,30)(H,26,31)(H,28,29)/t19-/m1/s1. The maximum Gasteiger partial charge on any atom is 0.408 e. The molecular weight excluding hydrogens is 428 g/mol. The summed E-state index contributed by atoms with van der Waals surface area (Å²) >= 11 is 0. The lowest BCUT2D eigenvalue weighted by molar-refractivity contribution is -0.149. The van der Waals surface area contributed by atoms with Gasteiger partial charge in [0.25, 0.3) is 0 Å². The zero-order valence-corrected chi connectivity index (χ0v) is 18.0. The summed E-state index contributed by atoms with van der Waals surface area (Å²) in [6.07, 6.45) is -0.593. The molecule has 1 saturated carbocycles. The van der Waals surface area contributed by atoms with E-state index in [-0.39, 0.29) is 12.5 Å². The van der Waals surface area contributed by atoms with Gasteiger partial charge in [-0.3, -0.25) is 9.59 Å². The zero-order chi connectivity index (χ0) is 23.6. The third kappa shape index (κ3) is 4.52. The second-order valence-electron chi connectivity index (χ2n) is 8.18. The molecule has 0 aliphatic heterocycles. The van der Waals surface area contributed by atoms with Crippen LogP contribution in [0.2, 0.25) is 0 Å². The van der Waals surface area contributed by atoms with Gasteiger partial charge in [-0.25, -0.2) is 9.59 Å². The van der Waals surface area contributed by atoms with Crippen LogP contribution in [-0.2, 0) is 23.9 Å². The Morgan fingerprint density at radius 1 is 1.03 bits per heavy atom. The molecule has 0 aromatic heterocycles. The number of aliphatic carboxylic acids is 1. The third-order valence-corrected chi connectivity index (χ3v) is 6.07. The van der Waals surface area contributed by atoms with E-state index >= 15 is 0 Å². The number of carbonyl (C=O) groups excluding carboxylic acids is 3. The number of fused-ring (bicyclic) bond motifs is 3. The molecule has 0 radical (unpaired) electrons. The number of ether oxygens (including phenoxy) is 2. The number of amides is 2. The van der Waals surface area contributed by atoms with Gasteiger partial charge in [-0.2, -0.15) is 0 Å². The van der Waals surface area contributed by atoms with Gasteiger partial charge >= 0.3 is 18.0 Å². The lowest BCUT2D eigenvalue weighted by Crippen LogP contribution is -2.54. The zero-order valence-electron chi connectivity index (χ0n) is 18.0. The lowest BCUT2D eigenvalue weighted by atomic mass is 9.98. The Labute approximate surface area is 190 Å². The molecule has 9 nitrogen and oxygen atoms in total. The molecule has 0 saturated heterocycles. The van der Waals surface area contributed by atoms with E-state index in [1.807, 2.05) is 48.5 Å². The maximum atomic E-state index is 12.6. The van der Waals surface area contributed by atoms with Crippen LogP contribution >= 0.6 is 0 Å². The molecular formula is C24H24N2O7. The number of esters is 1. The predicted molar refractivity (Wildman–Crippen MR) is 116 cm³/mol. The number of carboxylic acid groups (broad SMARTS) is 1. The number of rotatable bonds is 8. The van der Waals surface area contributed by atoms with Crippen molar-refractivity contribution >= 4 is 23.9 Å². The lowest BCUT2D eigenvalue weighted by Gasteiger charge is -2.21. The summed E-state index contributed by atoms with van der Waals surface area (Å²) in [4.78, 5) is 47.9. The van der Waals surface area contributed by atoms with Crippen LogP contribution in [0.25, 0.3) is 11.1 Å². The first-order valence-corrected chi connectivity index (χ1v) is 10.6. The third-order valence-electron chi connectivity index (χ3n) is 6.07. The Morgan fingerprint density at radius 2 is 1.61 bits per heavy atom. The Hall–Kier alpha value is -3.88. The van der Waals surface area contributed by atoms with Crippen molar-refractivity contribution in [1.29, 1.82) is 0 Å². The van der Waals surface area contributed by atoms with Crippen LogP contribution in [-0.4, -0.2) is 54.3 Å². The highest BCUT2D eigenvalue weighted by atomic mass is 16.5. The van der Waals surface area contributed by atoms with Gasteiger partial charge in [0, 0.05) is 5.92 Å². The predicted octanol–water partition coefficient (Wildman–Crippen LogP) is 2.19. The van der Waals surface area contributed by atoms with Crippen molar-refractivity contribution < 1.29 is 33.8 Å². The van der Waals surface area contributed by atoms with Gasteiger partial charge in [0.2, 0.25) is 5.91 Å². The van der Waals surface area contributed by atoms with Crippen LogP contribution in [0.4, 0.5) is 4.79 Å². The number of alkyl carbamates (subject to hydrolysis) is 1. The van der Waals surface area contributed by atoms with Crippen LogP contribution in [0.1, 0.15) is 36.3 Å². The summed E-state index contributed by atoms with van der Waals surface area (Å²) in [7, 11) is 1.13. The van der Waals surface area contributed by atoms with Crippen molar-refractivity contribution in [2.75, 3.05) is 13.7 Å². The first kappa shape index (κ1) is 22.3. The molecule has 33 heavy (non-hydrogen) atoms. The molecule has 2 aliphatic carbocycles. The summed E-state index contributed by atoms with van der Waals surface area (Å²) in [6.45, 7) is 0.0949. The van der Waals surface area contributed by atoms with Crippen molar-refractivity contribution in [3.05, 3.63) is 59.7 Å². The number of hydrogen-bond donors (Lipinski definition) is 3. The van der Waals surface area contributed by atoms with E-state index in [4.69, 9.17) is 4.74 Å². The minimum Gasteiger partial charge on any atom is -0.480 e. The molecule has 0 heterocycles. The summed E-state index contributed by atoms with van der Waals surface area (Å²) in [6, 6.07) is 14.4. The smallest absolute Gasteiger partial charge is 0.408 e. The average Bonchev–Trinajstić information content (AvgIpc) is 3.52. The fourth-order valence-corrected chi connectivity index (χ4v) is 4.11. The molecule has 2 aromatic carbocycles. The number of methoxy groups -OCH3 is 1. The number of nitrogens with one attached hydrogen (secondary N) is 2. The first-order valence-electron chi connectivity index (χ1n) is 10.6. The Bertz CT molecular complexity index is 1060. The van der Waals surface area contributed by atoms with Gasteiger partial charge in [0.15, 0.2) is 0 Å². The quantitative estimate of drug-likeness (QED) is 0.523. The SMILES string of the molecule is COC(=O)C[C@@H](NC(=O)C1(NC(=O)OCC2c3ccccc3-c3ccccc32)CC1)C(=O)O. The number of carbonyl (C=O) groups is 4. The van der Waals surface area contributed by atoms with E-state index in [0.29, 0.717) is 12.8 Å². The molecule has 2 aliphatic rings. The largest absolute Gasteiger partial charge is 0.480 e. The Morgan fingerprint density at radius 3 is 2.12 bits per heavy atom. The summed E-state index contributed by atoms with van der Waals surface area (Å²) in [5, 5.41) is 14.1. The molecule has 0 unspecified atom stereocenters. The van der Waals surface area contributed by atoms with Crippen molar-refractivity contribution in [3.8, 4) is 11.1 Å². The van der Waals surface area contributed by atoms with Crippen molar-refractivity contribution in [2.24, 2.45) is 0 Å². The molecule has 9 heteroatoms. The Balaban J connectivity index is 1.38. The number of hydrogen-bond acceptors (Lipinski definition) is 6. The topological polar surface area (TPSA) is 131 Å². The van der Waals surface area contributed by atoms with E-state index in [2.05, 4.69) is 15.4 Å². The van der Waals surface area contributed by atoms with Crippen molar-refractivity contribution in [2.45, 2.75) is 36.8 Å². The molecule has 3 N–H and O–H groups in total. The van der Waals surface area contributed by atoms with Crippen LogP contribution in [0.15, 0.2) is 48.5 Å². The summed E-state index contributed by atoms with van der Waals surface area (Å²) < 4.78 is 9.95. The highest BCUT2D eigenvalue weighted by Crippen LogP contribution is 2.44. The van der Waals surface area contributed by atoms with Gasteiger partial charge in [0.1, 0.15) is 18.2 Å². The molecule has 0 bridgehead atoms. The van der Waals surface area contributed by atoms with Crippen LogP contribution in [0.5, 0.6) is 0 Å². The highest BCUT2D eigenvalue weighted by Gasteiger charge is 2.52. The fraction of sp³-hybridized carbons (Fsp3) is 0.333. The van der Waals surface area contributed by atoms with E-state index in [1.54, 1.807) is 0 Å². The minimum atomic E-state index is -1.45. The van der Waals surface area contributed by atoms with Gasteiger partial charge in [-0.15, -0.1) is 0 Å². The average molecular weight is 452 g/mol. The molecule has 2 amide bonds. The van der Waals surface area contributed by atoms with E-state index in [9.17, 15) is 24.3 Å². The Kier molecular flexibility index (Phi) is 6.04. The summed E-state index contributed by atoms with van der Waals surface area (Å²) in [5.74, 6) is -2.93. The second kappa shape index (κ2) is 8.93. The minimum absolute atomic E-state index is 0.0949. The molecule has 172 valence electrons. The first-order chi connectivity index (χ1) is 15.8. The normalized spacial score (nSPS) is 16.0. The van der Waals surface area contributed by atoms with E-state index in [0.717, 1.165) is 29.4 Å². The monoisotopic (exact) mass is 452 g/mol. The number of benzene rings is 2. The molecule has 1 fully saturated rings. The molecule has 2 aromatic rings. The summed E-state index contributed by atoms with van der Waals surface area (Å²) in [5.41, 5.74) is 3.10. The van der Waals surface area contributed by atoms with Gasteiger partial charge in [-0.05, 0) is 35.1 Å². The fourth-order valence-electron chi connectivity index (χ4n) is 4.11. The van der Waals surface area contributed by atoms with Crippen molar-refractivity contribution in [1.82, 2.24) is 10.6 Å². The van der Waals surface area contributed by atoms with Crippen LogP contribution < -0.4 is 10.6 Å². The highest BCUT2D eigenvalue weighted by molar-refractivity contribution is 5.96. The van der Waals surface area contributed by atoms with Gasteiger partial charge < -0.3 is 25.2 Å². The molecule has 0 spiro atoms. The van der Waals surface area contributed by atoms with E-state index < -0.39 is 41.9 Å². The second-order valence-corrected chi connectivity index (χ2v) is 8.18. The maximum absolute atomic E-state index is 12.6.